The minimum Gasteiger partial charge on any atom is -0.397 e. The van der Waals surface area contributed by atoms with Crippen molar-refractivity contribution in [3.05, 3.63) is 46.7 Å². The number of hydrogen-bond donors (Lipinski definition) is 1. The number of rotatable bonds is 2. The van der Waals surface area contributed by atoms with Crippen LogP contribution in [0.3, 0.4) is 0 Å². The van der Waals surface area contributed by atoms with Crippen LogP contribution < -0.4 is 5.73 Å². The molecule has 0 aliphatic rings. The van der Waals surface area contributed by atoms with Gasteiger partial charge in [0.25, 0.3) is 0 Å². The first-order chi connectivity index (χ1) is 8.20. The van der Waals surface area contributed by atoms with E-state index in [0.717, 1.165) is 14.3 Å². The van der Waals surface area contributed by atoms with E-state index in [1.807, 2.05) is 18.2 Å². The molecular weight excluding hydrogens is 298 g/mol. The zero-order chi connectivity index (χ0) is 12.3. The molecule has 1 aromatic carbocycles. The van der Waals surface area contributed by atoms with Crippen LogP contribution in [-0.4, -0.2) is 4.98 Å². The van der Waals surface area contributed by atoms with E-state index >= 15 is 0 Å². The van der Waals surface area contributed by atoms with Crippen molar-refractivity contribution in [1.29, 1.82) is 5.26 Å². The largest absolute Gasteiger partial charge is 0.397 e. The summed E-state index contributed by atoms with van der Waals surface area (Å²) in [6.07, 6.45) is 3.29. The molecule has 3 nitrogen and oxygen atoms in total. The molecule has 1 heterocycles. The van der Waals surface area contributed by atoms with Gasteiger partial charge in [-0.25, -0.2) is 0 Å². The number of nitrogens with zero attached hydrogens (tertiary/aromatic N) is 2. The third-order valence-electron chi connectivity index (χ3n) is 2.09. The second-order valence-electron chi connectivity index (χ2n) is 3.27. The molecule has 2 N–H and O–H groups in total. The van der Waals surface area contributed by atoms with E-state index in [1.54, 1.807) is 18.5 Å². The van der Waals surface area contributed by atoms with Gasteiger partial charge < -0.3 is 5.73 Å². The topological polar surface area (TPSA) is 62.7 Å². The average Bonchev–Trinajstić information content (AvgIpc) is 2.32. The molecule has 0 saturated heterocycles. The quantitative estimate of drug-likeness (QED) is 0.923. The lowest BCUT2D eigenvalue weighted by atomic mass is 10.2. The lowest BCUT2D eigenvalue weighted by Crippen LogP contribution is -1.90. The molecule has 0 spiro atoms. The van der Waals surface area contributed by atoms with Gasteiger partial charge in [0.2, 0.25) is 0 Å². The molecule has 5 heteroatoms. The Hall–Kier alpha value is -1.51. The number of halogens is 1. The number of anilines is 1. The minimum absolute atomic E-state index is 0.612. The van der Waals surface area contributed by atoms with Crippen LogP contribution in [-0.2, 0) is 0 Å². The summed E-state index contributed by atoms with van der Waals surface area (Å²) in [5, 5.41) is 9.03. The van der Waals surface area contributed by atoms with E-state index in [-0.39, 0.29) is 0 Å². The number of aromatic nitrogens is 1. The lowest BCUT2D eigenvalue weighted by molar-refractivity contribution is 1.26. The van der Waals surface area contributed by atoms with E-state index in [2.05, 4.69) is 27.0 Å². The van der Waals surface area contributed by atoms with Crippen LogP contribution in [0.4, 0.5) is 5.69 Å². The molecule has 0 fully saturated rings. The highest BCUT2D eigenvalue weighted by molar-refractivity contribution is 9.10. The number of pyridine rings is 1. The molecule has 0 aliphatic carbocycles. The first-order valence-corrected chi connectivity index (χ1v) is 6.38. The second kappa shape index (κ2) is 5.21. The fraction of sp³-hybridized carbons (Fsp3) is 0. The normalized spacial score (nSPS) is 9.88. The van der Waals surface area contributed by atoms with Gasteiger partial charge in [-0.2, -0.15) is 5.26 Å². The molecule has 0 aliphatic heterocycles. The van der Waals surface area contributed by atoms with E-state index in [1.165, 1.54) is 11.8 Å². The third kappa shape index (κ3) is 2.78. The van der Waals surface area contributed by atoms with Gasteiger partial charge in [-0.3, -0.25) is 4.98 Å². The van der Waals surface area contributed by atoms with Crippen molar-refractivity contribution in [3.8, 4) is 6.07 Å². The molecule has 17 heavy (non-hydrogen) atoms. The maximum atomic E-state index is 9.03. The van der Waals surface area contributed by atoms with Gasteiger partial charge in [0, 0.05) is 20.5 Å². The van der Waals surface area contributed by atoms with Crippen molar-refractivity contribution >= 4 is 33.4 Å². The van der Waals surface area contributed by atoms with Crippen LogP contribution in [0.2, 0.25) is 0 Å². The molecule has 2 aromatic rings. The number of benzene rings is 1. The highest BCUT2D eigenvalue weighted by Gasteiger charge is 2.07. The summed E-state index contributed by atoms with van der Waals surface area (Å²) in [6.45, 7) is 0. The predicted molar refractivity (Wildman–Crippen MR) is 71.6 cm³/mol. The third-order valence-corrected chi connectivity index (χ3v) is 3.74. The molecular formula is C12H8BrN3S. The Morgan fingerprint density at radius 2 is 2.12 bits per heavy atom. The summed E-state index contributed by atoms with van der Waals surface area (Å²) in [6, 6.07) is 9.53. The van der Waals surface area contributed by atoms with E-state index in [0.29, 0.717) is 11.3 Å². The first-order valence-electron chi connectivity index (χ1n) is 4.77. The van der Waals surface area contributed by atoms with Gasteiger partial charge in [-0.15, -0.1) is 0 Å². The van der Waals surface area contributed by atoms with Crippen LogP contribution in [0.15, 0.2) is 50.9 Å². The standard InChI is InChI=1S/C12H8BrN3S/c13-9-2-1-8(6-14)12(5-9)17-11-3-4-16-7-10(11)15/h1-5,7H,15H2. The summed E-state index contributed by atoms with van der Waals surface area (Å²) >= 11 is 4.85. The predicted octanol–water partition coefficient (Wildman–Crippen LogP) is 3.45. The zero-order valence-corrected chi connectivity index (χ0v) is 11.1. The first kappa shape index (κ1) is 12.0. The van der Waals surface area contributed by atoms with Crippen LogP contribution in [0.25, 0.3) is 0 Å². The Kier molecular flexibility index (Phi) is 3.67. The molecule has 0 atom stereocenters. The fourth-order valence-corrected chi connectivity index (χ4v) is 2.74. The molecule has 0 radical (unpaired) electrons. The van der Waals surface area contributed by atoms with Crippen molar-refractivity contribution in [3.63, 3.8) is 0 Å². The van der Waals surface area contributed by atoms with Gasteiger partial charge >= 0.3 is 0 Å². The van der Waals surface area contributed by atoms with Crippen LogP contribution in [0, 0.1) is 11.3 Å². The van der Waals surface area contributed by atoms with Gasteiger partial charge in [-0.1, -0.05) is 27.7 Å². The molecule has 0 unspecified atom stereocenters. The SMILES string of the molecule is N#Cc1ccc(Br)cc1Sc1ccncc1N. The van der Waals surface area contributed by atoms with Crippen molar-refractivity contribution in [2.75, 3.05) is 5.73 Å². The van der Waals surface area contributed by atoms with Gasteiger partial charge in [-0.05, 0) is 24.3 Å². The lowest BCUT2D eigenvalue weighted by Gasteiger charge is -2.06. The molecule has 2 rings (SSSR count). The highest BCUT2D eigenvalue weighted by Crippen LogP contribution is 2.34. The number of hydrogen-bond acceptors (Lipinski definition) is 4. The highest BCUT2D eigenvalue weighted by atomic mass is 79.9. The summed E-state index contributed by atoms with van der Waals surface area (Å²) in [5.41, 5.74) is 7.07. The molecule has 1 aromatic heterocycles. The zero-order valence-electron chi connectivity index (χ0n) is 8.72. The Balaban J connectivity index is 2.40. The van der Waals surface area contributed by atoms with E-state index < -0.39 is 0 Å². The van der Waals surface area contributed by atoms with Crippen molar-refractivity contribution in [2.24, 2.45) is 0 Å². The Morgan fingerprint density at radius 3 is 2.82 bits per heavy atom. The van der Waals surface area contributed by atoms with Crippen LogP contribution in [0.5, 0.6) is 0 Å². The average molecular weight is 306 g/mol. The molecule has 84 valence electrons. The number of nitriles is 1. The fourth-order valence-electron chi connectivity index (χ4n) is 1.28. The van der Waals surface area contributed by atoms with E-state index in [4.69, 9.17) is 11.0 Å². The maximum Gasteiger partial charge on any atom is 0.100 e. The van der Waals surface area contributed by atoms with Crippen molar-refractivity contribution < 1.29 is 0 Å². The van der Waals surface area contributed by atoms with Gasteiger partial charge in [0.1, 0.15) is 6.07 Å². The monoisotopic (exact) mass is 305 g/mol. The van der Waals surface area contributed by atoms with Crippen molar-refractivity contribution in [2.45, 2.75) is 9.79 Å². The Bertz CT molecular complexity index is 593. The summed E-state index contributed by atoms with van der Waals surface area (Å²) in [7, 11) is 0. The smallest absolute Gasteiger partial charge is 0.100 e. The van der Waals surface area contributed by atoms with Gasteiger partial charge in [0.15, 0.2) is 0 Å². The Morgan fingerprint density at radius 1 is 1.29 bits per heavy atom. The van der Waals surface area contributed by atoms with E-state index in [9.17, 15) is 0 Å². The number of nitrogens with two attached hydrogens (primary N) is 1. The molecule has 0 bridgehead atoms. The molecule has 0 amide bonds. The van der Waals surface area contributed by atoms with Crippen LogP contribution >= 0.6 is 27.7 Å². The summed E-state index contributed by atoms with van der Waals surface area (Å²) in [5.74, 6) is 0. The number of nitrogen functional groups attached to an aromatic ring is 1. The van der Waals surface area contributed by atoms with Crippen molar-refractivity contribution in [1.82, 2.24) is 4.98 Å². The summed E-state index contributed by atoms with van der Waals surface area (Å²) < 4.78 is 0.937. The minimum atomic E-state index is 0.612. The molecule has 0 saturated carbocycles. The van der Waals surface area contributed by atoms with Crippen LogP contribution in [0.1, 0.15) is 5.56 Å². The van der Waals surface area contributed by atoms with Gasteiger partial charge in [0.05, 0.1) is 17.4 Å². The maximum absolute atomic E-state index is 9.03. The summed E-state index contributed by atoms with van der Waals surface area (Å²) in [4.78, 5) is 5.71. The Labute approximate surface area is 112 Å². The second-order valence-corrected chi connectivity index (χ2v) is 5.27.